The molecule has 2 N–H and O–H groups in total. The molecule has 1 aromatic carbocycles. The molecule has 0 radical (unpaired) electrons. The number of benzene rings is 1. The number of anilines is 1. The summed E-state index contributed by atoms with van der Waals surface area (Å²) in [6, 6.07) is 9.54. The summed E-state index contributed by atoms with van der Waals surface area (Å²) in [7, 11) is 0. The Balaban J connectivity index is 2.14. The van der Waals surface area contributed by atoms with Crippen molar-refractivity contribution in [3.8, 4) is 0 Å². The maximum atomic E-state index is 5.78. The molecule has 0 aliphatic heterocycles. The van der Waals surface area contributed by atoms with Gasteiger partial charge in [0.15, 0.2) is 0 Å². The first-order chi connectivity index (χ1) is 9.20. The van der Waals surface area contributed by atoms with E-state index >= 15 is 0 Å². The summed E-state index contributed by atoms with van der Waals surface area (Å²) in [5, 5.41) is 0. The normalized spacial score (nSPS) is 16.2. The standard InChI is InChI=1S/C17H28N2/c1-14(2)10-11-19(16-7-3-4-8-16)17-9-5-6-15(12-17)13-18/h5-6,9,12,14,16H,3-4,7-8,10-11,13,18H2,1-2H3. The summed E-state index contributed by atoms with van der Waals surface area (Å²) in [5.41, 5.74) is 8.39. The zero-order chi connectivity index (χ0) is 13.7. The van der Waals surface area contributed by atoms with Gasteiger partial charge in [0.05, 0.1) is 0 Å². The van der Waals surface area contributed by atoms with E-state index in [2.05, 4.69) is 43.0 Å². The maximum Gasteiger partial charge on any atom is 0.0371 e. The average Bonchev–Trinajstić information content (AvgIpc) is 2.93. The molecule has 2 rings (SSSR count). The van der Waals surface area contributed by atoms with Gasteiger partial charge in [0.1, 0.15) is 0 Å². The highest BCUT2D eigenvalue weighted by Crippen LogP contribution is 2.29. The molecule has 0 heterocycles. The van der Waals surface area contributed by atoms with Crippen LogP contribution in [0.4, 0.5) is 5.69 Å². The van der Waals surface area contributed by atoms with Crippen LogP contribution in [0.3, 0.4) is 0 Å². The van der Waals surface area contributed by atoms with E-state index < -0.39 is 0 Å². The molecule has 19 heavy (non-hydrogen) atoms. The van der Waals surface area contributed by atoms with Gasteiger partial charge in [0.2, 0.25) is 0 Å². The van der Waals surface area contributed by atoms with Crippen LogP contribution in [0.25, 0.3) is 0 Å². The van der Waals surface area contributed by atoms with Crippen molar-refractivity contribution in [2.75, 3.05) is 11.4 Å². The van der Waals surface area contributed by atoms with Crippen molar-refractivity contribution in [2.24, 2.45) is 11.7 Å². The van der Waals surface area contributed by atoms with Crippen molar-refractivity contribution < 1.29 is 0 Å². The van der Waals surface area contributed by atoms with Gasteiger partial charge in [0.25, 0.3) is 0 Å². The van der Waals surface area contributed by atoms with Crippen molar-refractivity contribution in [3.63, 3.8) is 0 Å². The molecule has 0 saturated heterocycles. The molecule has 0 bridgehead atoms. The second-order valence-corrected chi connectivity index (χ2v) is 6.19. The number of hydrogen-bond donors (Lipinski definition) is 1. The Morgan fingerprint density at radius 3 is 2.63 bits per heavy atom. The van der Waals surface area contributed by atoms with Crippen LogP contribution < -0.4 is 10.6 Å². The van der Waals surface area contributed by atoms with Gasteiger partial charge in [0, 0.05) is 24.8 Å². The van der Waals surface area contributed by atoms with Gasteiger partial charge in [-0.15, -0.1) is 0 Å². The number of hydrogen-bond acceptors (Lipinski definition) is 2. The SMILES string of the molecule is CC(C)CCN(c1cccc(CN)c1)C1CCCC1. The molecule has 0 unspecified atom stereocenters. The van der Waals surface area contributed by atoms with E-state index in [1.54, 1.807) is 0 Å². The summed E-state index contributed by atoms with van der Waals surface area (Å²) in [6.07, 6.45) is 6.75. The van der Waals surface area contributed by atoms with Gasteiger partial charge in [-0.2, -0.15) is 0 Å². The van der Waals surface area contributed by atoms with Crippen molar-refractivity contribution in [1.29, 1.82) is 0 Å². The zero-order valence-electron chi connectivity index (χ0n) is 12.4. The molecule has 0 atom stereocenters. The Morgan fingerprint density at radius 1 is 1.26 bits per heavy atom. The average molecular weight is 260 g/mol. The highest BCUT2D eigenvalue weighted by atomic mass is 15.2. The van der Waals surface area contributed by atoms with Gasteiger partial charge < -0.3 is 10.6 Å². The van der Waals surface area contributed by atoms with Crippen LogP contribution >= 0.6 is 0 Å². The lowest BCUT2D eigenvalue weighted by molar-refractivity contribution is 0.528. The van der Waals surface area contributed by atoms with Crippen LogP contribution in [-0.4, -0.2) is 12.6 Å². The summed E-state index contributed by atoms with van der Waals surface area (Å²) >= 11 is 0. The number of nitrogens with two attached hydrogens (primary N) is 1. The second-order valence-electron chi connectivity index (χ2n) is 6.19. The number of nitrogens with zero attached hydrogens (tertiary/aromatic N) is 1. The van der Waals surface area contributed by atoms with Crippen LogP contribution in [0.2, 0.25) is 0 Å². The van der Waals surface area contributed by atoms with Gasteiger partial charge in [-0.05, 0) is 42.9 Å². The third-order valence-corrected chi connectivity index (χ3v) is 4.19. The predicted molar refractivity (Wildman–Crippen MR) is 83.4 cm³/mol. The third kappa shape index (κ3) is 3.97. The minimum Gasteiger partial charge on any atom is -0.369 e. The number of rotatable bonds is 6. The monoisotopic (exact) mass is 260 g/mol. The maximum absolute atomic E-state index is 5.78. The summed E-state index contributed by atoms with van der Waals surface area (Å²) in [5.74, 6) is 0.765. The van der Waals surface area contributed by atoms with Gasteiger partial charge in [-0.3, -0.25) is 0 Å². The first-order valence-electron chi connectivity index (χ1n) is 7.76. The van der Waals surface area contributed by atoms with Gasteiger partial charge in [-0.25, -0.2) is 0 Å². The fourth-order valence-electron chi connectivity index (χ4n) is 3.00. The molecule has 1 aromatic rings. The van der Waals surface area contributed by atoms with E-state index in [-0.39, 0.29) is 0 Å². The van der Waals surface area contributed by atoms with Crippen LogP contribution in [0.15, 0.2) is 24.3 Å². The second kappa shape index (κ2) is 6.95. The van der Waals surface area contributed by atoms with E-state index in [4.69, 9.17) is 5.73 Å². The van der Waals surface area contributed by atoms with E-state index in [1.165, 1.54) is 49.9 Å². The van der Waals surface area contributed by atoms with E-state index in [1.807, 2.05) is 0 Å². The quantitative estimate of drug-likeness (QED) is 0.839. The molecule has 0 amide bonds. The highest BCUT2D eigenvalue weighted by Gasteiger charge is 2.22. The van der Waals surface area contributed by atoms with Crippen LogP contribution in [0.1, 0.15) is 51.5 Å². The Labute approximate surface area is 118 Å². The highest BCUT2D eigenvalue weighted by molar-refractivity contribution is 5.49. The van der Waals surface area contributed by atoms with Gasteiger partial charge >= 0.3 is 0 Å². The smallest absolute Gasteiger partial charge is 0.0371 e. The topological polar surface area (TPSA) is 29.3 Å². The summed E-state index contributed by atoms with van der Waals surface area (Å²) < 4.78 is 0. The van der Waals surface area contributed by atoms with Crippen molar-refractivity contribution >= 4 is 5.69 Å². The van der Waals surface area contributed by atoms with Crippen molar-refractivity contribution in [1.82, 2.24) is 0 Å². The van der Waals surface area contributed by atoms with Gasteiger partial charge in [-0.1, -0.05) is 38.8 Å². The summed E-state index contributed by atoms with van der Waals surface area (Å²) in [4.78, 5) is 2.63. The lowest BCUT2D eigenvalue weighted by Gasteiger charge is -2.32. The Kier molecular flexibility index (Phi) is 5.26. The third-order valence-electron chi connectivity index (χ3n) is 4.19. The predicted octanol–water partition coefficient (Wildman–Crippen LogP) is 3.94. The molecule has 0 aromatic heterocycles. The van der Waals surface area contributed by atoms with E-state index in [0.29, 0.717) is 6.54 Å². The molecule has 2 nitrogen and oxygen atoms in total. The molecule has 1 aliphatic rings. The molecule has 106 valence electrons. The fourth-order valence-corrected chi connectivity index (χ4v) is 3.00. The summed E-state index contributed by atoms with van der Waals surface area (Å²) in [6.45, 7) is 6.43. The first-order valence-corrected chi connectivity index (χ1v) is 7.76. The minimum atomic E-state index is 0.635. The Bertz CT molecular complexity index is 381. The molecular weight excluding hydrogens is 232 g/mol. The van der Waals surface area contributed by atoms with E-state index in [9.17, 15) is 0 Å². The molecule has 1 saturated carbocycles. The van der Waals surface area contributed by atoms with Crippen LogP contribution in [-0.2, 0) is 6.54 Å². The van der Waals surface area contributed by atoms with Crippen LogP contribution in [0.5, 0.6) is 0 Å². The Morgan fingerprint density at radius 2 is 2.00 bits per heavy atom. The molecular formula is C17H28N2. The van der Waals surface area contributed by atoms with Crippen LogP contribution in [0, 0.1) is 5.92 Å². The molecule has 1 fully saturated rings. The lowest BCUT2D eigenvalue weighted by Crippen LogP contribution is -2.34. The fraction of sp³-hybridized carbons (Fsp3) is 0.647. The Hall–Kier alpha value is -1.02. The van der Waals surface area contributed by atoms with Crippen molar-refractivity contribution in [3.05, 3.63) is 29.8 Å². The molecule has 0 spiro atoms. The molecule has 1 aliphatic carbocycles. The lowest BCUT2D eigenvalue weighted by atomic mass is 10.1. The minimum absolute atomic E-state index is 0.635. The first kappa shape index (κ1) is 14.4. The van der Waals surface area contributed by atoms with Crippen molar-refractivity contribution in [2.45, 2.75) is 58.5 Å². The largest absolute Gasteiger partial charge is 0.369 e. The van der Waals surface area contributed by atoms with E-state index in [0.717, 1.165) is 12.0 Å². The zero-order valence-corrected chi connectivity index (χ0v) is 12.4. The molecule has 2 heteroatoms.